The van der Waals surface area contributed by atoms with E-state index in [0.717, 1.165) is 31.7 Å². The molecule has 2 saturated carbocycles. The van der Waals surface area contributed by atoms with Gasteiger partial charge in [0, 0.05) is 11.6 Å². The van der Waals surface area contributed by atoms with E-state index in [0.29, 0.717) is 23.3 Å². The van der Waals surface area contributed by atoms with Gasteiger partial charge >= 0.3 is 0 Å². The lowest BCUT2D eigenvalue weighted by atomic mass is 9.55. The molecule has 0 heterocycles. The van der Waals surface area contributed by atoms with Crippen LogP contribution >= 0.6 is 0 Å². The highest BCUT2D eigenvalue weighted by Crippen LogP contribution is 2.51. The Labute approximate surface area is 137 Å². The zero-order chi connectivity index (χ0) is 16.8. The van der Waals surface area contributed by atoms with E-state index < -0.39 is 0 Å². The van der Waals surface area contributed by atoms with Gasteiger partial charge in [-0.25, -0.2) is 0 Å². The predicted octanol–water partition coefficient (Wildman–Crippen LogP) is 3.26. The molecule has 22 heavy (non-hydrogen) atoms. The van der Waals surface area contributed by atoms with Crippen LogP contribution in [0.5, 0.6) is 0 Å². The zero-order valence-electron chi connectivity index (χ0n) is 15.5. The molecule has 3 nitrogen and oxygen atoms in total. The first kappa shape index (κ1) is 18.2. The lowest BCUT2D eigenvalue weighted by Crippen LogP contribution is -2.56. The maximum atomic E-state index is 6.96. The standard InChI is InChI=1S/C19H39N3/c1-13-6-15(7-14(2)16(13)21)8-19(22)10-17(3,4)9-18(5,11-19)12-20/h13-16H,6-12,20-22H2,1-5H3. The van der Waals surface area contributed by atoms with Gasteiger partial charge in [-0.15, -0.1) is 0 Å². The van der Waals surface area contributed by atoms with Gasteiger partial charge in [-0.2, -0.15) is 0 Å². The Morgan fingerprint density at radius 2 is 1.50 bits per heavy atom. The van der Waals surface area contributed by atoms with Crippen LogP contribution in [0.2, 0.25) is 0 Å². The number of nitrogens with two attached hydrogens (primary N) is 3. The third-order valence-electron chi connectivity index (χ3n) is 6.43. The monoisotopic (exact) mass is 309 g/mol. The molecule has 4 atom stereocenters. The number of hydrogen-bond acceptors (Lipinski definition) is 3. The highest BCUT2D eigenvalue weighted by Gasteiger charge is 2.48. The maximum absolute atomic E-state index is 6.96. The van der Waals surface area contributed by atoms with E-state index >= 15 is 0 Å². The van der Waals surface area contributed by atoms with Crippen LogP contribution in [0.3, 0.4) is 0 Å². The van der Waals surface area contributed by atoms with E-state index in [2.05, 4.69) is 34.6 Å². The molecule has 6 N–H and O–H groups in total. The molecule has 2 aliphatic rings. The average Bonchev–Trinajstić information content (AvgIpc) is 2.32. The predicted molar refractivity (Wildman–Crippen MR) is 95.4 cm³/mol. The van der Waals surface area contributed by atoms with E-state index in [4.69, 9.17) is 17.2 Å². The van der Waals surface area contributed by atoms with Crippen LogP contribution < -0.4 is 17.2 Å². The highest BCUT2D eigenvalue weighted by atomic mass is 14.8. The Kier molecular flexibility index (Phi) is 5.03. The van der Waals surface area contributed by atoms with Crippen LogP contribution in [0.25, 0.3) is 0 Å². The molecule has 0 aromatic carbocycles. The van der Waals surface area contributed by atoms with Gasteiger partial charge < -0.3 is 17.2 Å². The molecule has 0 bridgehead atoms. The van der Waals surface area contributed by atoms with Crippen LogP contribution in [0.15, 0.2) is 0 Å². The Morgan fingerprint density at radius 1 is 0.955 bits per heavy atom. The zero-order valence-corrected chi connectivity index (χ0v) is 15.5. The first-order valence-corrected chi connectivity index (χ1v) is 9.22. The van der Waals surface area contributed by atoms with Gasteiger partial charge in [0.1, 0.15) is 0 Å². The first-order valence-electron chi connectivity index (χ1n) is 9.22. The van der Waals surface area contributed by atoms with Crippen molar-refractivity contribution in [3.8, 4) is 0 Å². The molecule has 2 aliphatic carbocycles. The largest absolute Gasteiger partial charge is 0.330 e. The fraction of sp³-hybridized carbons (Fsp3) is 1.00. The van der Waals surface area contributed by atoms with Gasteiger partial charge in [0.05, 0.1) is 0 Å². The fourth-order valence-corrected chi connectivity index (χ4v) is 6.20. The van der Waals surface area contributed by atoms with Crippen molar-refractivity contribution in [2.45, 2.75) is 84.7 Å². The molecule has 2 fully saturated rings. The van der Waals surface area contributed by atoms with Crippen LogP contribution in [0.4, 0.5) is 0 Å². The van der Waals surface area contributed by atoms with Gasteiger partial charge in [0.2, 0.25) is 0 Å². The molecular weight excluding hydrogens is 270 g/mol. The van der Waals surface area contributed by atoms with Gasteiger partial charge in [-0.3, -0.25) is 0 Å². The maximum Gasteiger partial charge on any atom is 0.0167 e. The molecule has 0 spiro atoms. The fourth-order valence-electron chi connectivity index (χ4n) is 6.20. The summed E-state index contributed by atoms with van der Waals surface area (Å²) >= 11 is 0. The Bertz CT molecular complexity index is 382. The van der Waals surface area contributed by atoms with Gasteiger partial charge in [-0.05, 0) is 73.7 Å². The molecule has 0 aromatic rings. The normalized spacial score (nSPS) is 49.1. The summed E-state index contributed by atoms with van der Waals surface area (Å²) in [6, 6.07) is 0.363. The number of rotatable bonds is 3. The van der Waals surface area contributed by atoms with E-state index in [1.54, 1.807) is 0 Å². The van der Waals surface area contributed by atoms with Crippen molar-refractivity contribution >= 4 is 0 Å². The summed E-state index contributed by atoms with van der Waals surface area (Å²) in [7, 11) is 0. The van der Waals surface area contributed by atoms with Crippen molar-refractivity contribution in [2.24, 2.45) is 45.8 Å². The molecule has 0 aromatic heterocycles. The van der Waals surface area contributed by atoms with Crippen LogP contribution in [0.1, 0.15) is 73.1 Å². The van der Waals surface area contributed by atoms with Crippen molar-refractivity contribution < 1.29 is 0 Å². The van der Waals surface area contributed by atoms with Crippen LogP contribution in [-0.2, 0) is 0 Å². The lowest BCUT2D eigenvalue weighted by Gasteiger charge is -2.53. The summed E-state index contributed by atoms with van der Waals surface area (Å²) in [4.78, 5) is 0. The summed E-state index contributed by atoms with van der Waals surface area (Å²) in [5.41, 5.74) is 19.8. The topological polar surface area (TPSA) is 78.1 Å². The molecule has 0 aliphatic heterocycles. The Morgan fingerprint density at radius 3 is 2.00 bits per heavy atom. The molecule has 2 rings (SSSR count). The van der Waals surface area contributed by atoms with Crippen LogP contribution in [-0.4, -0.2) is 18.1 Å². The van der Waals surface area contributed by atoms with E-state index in [-0.39, 0.29) is 11.0 Å². The van der Waals surface area contributed by atoms with Gasteiger partial charge in [-0.1, -0.05) is 34.6 Å². The minimum absolute atomic E-state index is 0.0542. The molecular formula is C19H39N3. The SMILES string of the molecule is CC1CC(CC2(N)CC(C)(C)CC(C)(CN)C2)CC(C)C1N. The molecule has 0 saturated heterocycles. The first-order chi connectivity index (χ1) is 9.98. The van der Waals surface area contributed by atoms with E-state index in [1.165, 1.54) is 19.3 Å². The lowest BCUT2D eigenvalue weighted by molar-refractivity contribution is 0.0210. The quantitative estimate of drug-likeness (QED) is 0.749. The van der Waals surface area contributed by atoms with Gasteiger partial charge in [0.15, 0.2) is 0 Å². The molecule has 0 amide bonds. The van der Waals surface area contributed by atoms with Crippen molar-refractivity contribution in [3.63, 3.8) is 0 Å². The minimum atomic E-state index is -0.0542. The Hall–Kier alpha value is -0.120. The summed E-state index contributed by atoms with van der Waals surface area (Å²) in [5.74, 6) is 1.97. The molecule has 130 valence electrons. The summed E-state index contributed by atoms with van der Waals surface area (Å²) in [6.45, 7) is 12.4. The van der Waals surface area contributed by atoms with E-state index in [1.807, 2.05) is 0 Å². The number of hydrogen-bond donors (Lipinski definition) is 3. The summed E-state index contributed by atoms with van der Waals surface area (Å²) in [5, 5.41) is 0. The second-order valence-electron chi connectivity index (χ2n) is 10.1. The second kappa shape index (κ2) is 6.07. The molecule has 0 radical (unpaired) electrons. The summed E-state index contributed by atoms with van der Waals surface area (Å²) < 4.78 is 0. The van der Waals surface area contributed by atoms with Crippen molar-refractivity contribution in [2.75, 3.05) is 6.54 Å². The molecule has 4 unspecified atom stereocenters. The van der Waals surface area contributed by atoms with Crippen molar-refractivity contribution in [1.29, 1.82) is 0 Å². The van der Waals surface area contributed by atoms with Crippen molar-refractivity contribution in [1.82, 2.24) is 0 Å². The Balaban J connectivity index is 2.10. The minimum Gasteiger partial charge on any atom is -0.330 e. The third kappa shape index (κ3) is 4.04. The summed E-state index contributed by atoms with van der Waals surface area (Å²) in [6.07, 6.45) is 7.02. The van der Waals surface area contributed by atoms with E-state index in [9.17, 15) is 0 Å². The van der Waals surface area contributed by atoms with Gasteiger partial charge in [0.25, 0.3) is 0 Å². The third-order valence-corrected chi connectivity index (χ3v) is 6.43. The van der Waals surface area contributed by atoms with Crippen molar-refractivity contribution in [3.05, 3.63) is 0 Å². The average molecular weight is 310 g/mol. The highest BCUT2D eigenvalue weighted by molar-refractivity contribution is 5.04. The molecule has 3 heteroatoms. The smallest absolute Gasteiger partial charge is 0.0167 e. The van der Waals surface area contributed by atoms with Crippen LogP contribution in [0, 0.1) is 28.6 Å². The second-order valence-corrected chi connectivity index (χ2v) is 10.1.